The molecule has 100 valence electrons. The molecule has 1 aromatic carbocycles. The van der Waals surface area contributed by atoms with Crippen molar-refractivity contribution >= 4 is 34.8 Å². The average molecular weight is 300 g/mol. The predicted molar refractivity (Wildman–Crippen MR) is 74.2 cm³/mol. The van der Waals surface area contributed by atoms with Crippen LogP contribution in [-0.4, -0.2) is 22.8 Å². The molecule has 0 saturated carbocycles. The summed E-state index contributed by atoms with van der Waals surface area (Å²) in [4.78, 5) is 12.1. The van der Waals surface area contributed by atoms with Gasteiger partial charge in [0.15, 0.2) is 0 Å². The van der Waals surface area contributed by atoms with E-state index in [1.54, 1.807) is 31.4 Å². The molecule has 0 saturated heterocycles. The third-order valence-corrected chi connectivity index (χ3v) is 3.15. The van der Waals surface area contributed by atoms with Gasteiger partial charge in [-0.05, 0) is 18.2 Å². The quantitative estimate of drug-likeness (QED) is 0.948. The number of aryl methyl sites for hydroxylation is 1. The Hall–Kier alpha value is -1.72. The van der Waals surface area contributed by atoms with Crippen molar-refractivity contribution in [2.24, 2.45) is 7.05 Å². The Morgan fingerprint density at radius 3 is 2.74 bits per heavy atom. The molecule has 0 spiro atoms. The number of halogens is 2. The zero-order valence-electron chi connectivity index (χ0n) is 10.3. The predicted octanol–water partition coefficient (Wildman–Crippen LogP) is 2.99. The van der Waals surface area contributed by atoms with E-state index >= 15 is 0 Å². The number of nitrogens with one attached hydrogen (secondary N) is 1. The second kappa shape index (κ2) is 5.50. The maximum Gasteiger partial charge on any atom is 0.262 e. The second-order valence-corrected chi connectivity index (χ2v) is 4.62. The van der Waals surface area contributed by atoms with Crippen molar-refractivity contribution in [3.05, 3.63) is 40.0 Å². The fourth-order valence-corrected chi connectivity index (χ4v) is 1.84. The molecule has 0 aliphatic rings. The number of anilines is 1. The molecule has 0 aliphatic heterocycles. The Bertz CT molecular complexity index is 625. The van der Waals surface area contributed by atoms with Crippen LogP contribution in [0.2, 0.25) is 10.0 Å². The second-order valence-electron chi connectivity index (χ2n) is 3.81. The first-order valence-electron chi connectivity index (χ1n) is 5.35. The van der Waals surface area contributed by atoms with Crippen LogP contribution in [0.1, 0.15) is 10.4 Å². The van der Waals surface area contributed by atoms with Gasteiger partial charge >= 0.3 is 0 Å². The van der Waals surface area contributed by atoms with Gasteiger partial charge in [-0.25, -0.2) is 0 Å². The molecule has 19 heavy (non-hydrogen) atoms. The number of carbonyl (C=O) groups is 1. The Labute approximate surface area is 120 Å². The van der Waals surface area contributed by atoms with Gasteiger partial charge in [-0.3, -0.25) is 9.48 Å². The molecule has 1 amide bonds. The van der Waals surface area contributed by atoms with Gasteiger partial charge in [0, 0.05) is 18.9 Å². The van der Waals surface area contributed by atoms with Crippen LogP contribution in [0.15, 0.2) is 24.4 Å². The summed E-state index contributed by atoms with van der Waals surface area (Å²) < 4.78 is 6.53. The first-order chi connectivity index (χ1) is 9.01. The van der Waals surface area contributed by atoms with Gasteiger partial charge in [-0.1, -0.05) is 23.2 Å². The summed E-state index contributed by atoms with van der Waals surface area (Å²) in [5.74, 6) is -0.0663. The van der Waals surface area contributed by atoms with Crippen LogP contribution in [-0.2, 0) is 7.05 Å². The number of hydrogen-bond acceptors (Lipinski definition) is 3. The maximum atomic E-state index is 12.1. The van der Waals surface area contributed by atoms with Gasteiger partial charge in [0.25, 0.3) is 5.91 Å². The number of nitrogens with zero attached hydrogens (tertiary/aromatic N) is 2. The molecule has 0 atom stereocenters. The van der Waals surface area contributed by atoms with Crippen LogP contribution in [0.5, 0.6) is 5.88 Å². The Kier molecular flexibility index (Phi) is 3.97. The van der Waals surface area contributed by atoms with Gasteiger partial charge in [0.2, 0.25) is 5.88 Å². The summed E-state index contributed by atoms with van der Waals surface area (Å²) in [6.45, 7) is 0. The molecular formula is C12H11Cl2N3O2. The van der Waals surface area contributed by atoms with Gasteiger partial charge < -0.3 is 10.1 Å². The van der Waals surface area contributed by atoms with Crippen molar-refractivity contribution in [1.82, 2.24) is 9.78 Å². The summed E-state index contributed by atoms with van der Waals surface area (Å²) in [5, 5.41) is 7.51. The summed E-state index contributed by atoms with van der Waals surface area (Å²) in [7, 11) is 3.16. The Morgan fingerprint density at radius 2 is 2.11 bits per heavy atom. The van der Waals surface area contributed by atoms with Crippen molar-refractivity contribution in [2.45, 2.75) is 0 Å². The molecule has 1 N–H and O–H groups in total. The summed E-state index contributed by atoms with van der Waals surface area (Å²) in [5.41, 5.74) is 0.890. The van der Waals surface area contributed by atoms with E-state index in [9.17, 15) is 4.79 Å². The fourth-order valence-electron chi connectivity index (χ4n) is 1.55. The lowest BCUT2D eigenvalue weighted by atomic mass is 10.2. The highest BCUT2D eigenvalue weighted by Crippen LogP contribution is 2.25. The summed E-state index contributed by atoms with van der Waals surface area (Å²) >= 11 is 11.7. The zero-order valence-corrected chi connectivity index (χ0v) is 11.8. The monoisotopic (exact) mass is 299 g/mol. The highest BCUT2D eigenvalue weighted by molar-refractivity contribution is 6.42. The van der Waals surface area contributed by atoms with E-state index < -0.39 is 0 Å². The van der Waals surface area contributed by atoms with E-state index in [1.165, 1.54) is 11.8 Å². The lowest BCUT2D eigenvalue weighted by molar-refractivity contribution is 0.102. The molecule has 0 aliphatic carbocycles. The minimum Gasteiger partial charge on any atom is -0.479 e. The molecule has 0 bridgehead atoms. The molecule has 0 unspecified atom stereocenters. The number of ether oxygens (including phenoxy) is 1. The van der Waals surface area contributed by atoms with E-state index in [0.717, 1.165) is 0 Å². The van der Waals surface area contributed by atoms with Crippen molar-refractivity contribution in [3.63, 3.8) is 0 Å². The van der Waals surface area contributed by atoms with Crippen LogP contribution in [0, 0.1) is 0 Å². The average Bonchev–Trinajstić information content (AvgIpc) is 2.75. The Balaban J connectivity index is 2.22. The topological polar surface area (TPSA) is 56.2 Å². The van der Waals surface area contributed by atoms with E-state index in [2.05, 4.69) is 10.4 Å². The molecule has 5 nitrogen and oxygen atoms in total. The third-order valence-electron chi connectivity index (χ3n) is 2.41. The Morgan fingerprint density at radius 1 is 1.37 bits per heavy atom. The maximum absolute atomic E-state index is 12.1. The van der Waals surface area contributed by atoms with Gasteiger partial charge in [0.1, 0.15) is 5.56 Å². The number of amides is 1. The SMILES string of the molecule is COc1nn(C)cc1C(=O)Nc1ccc(Cl)c(Cl)c1. The van der Waals surface area contributed by atoms with Crippen molar-refractivity contribution in [2.75, 3.05) is 12.4 Å². The van der Waals surface area contributed by atoms with E-state index in [0.29, 0.717) is 21.3 Å². The smallest absolute Gasteiger partial charge is 0.262 e. The lowest BCUT2D eigenvalue weighted by Gasteiger charge is -2.05. The highest BCUT2D eigenvalue weighted by atomic mass is 35.5. The molecule has 7 heteroatoms. The van der Waals surface area contributed by atoms with Crippen molar-refractivity contribution < 1.29 is 9.53 Å². The zero-order chi connectivity index (χ0) is 14.0. The molecular weight excluding hydrogens is 289 g/mol. The number of carbonyl (C=O) groups excluding carboxylic acids is 1. The van der Waals surface area contributed by atoms with Crippen LogP contribution in [0.25, 0.3) is 0 Å². The number of methoxy groups -OCH3 is 1. The first kappa shape index (κ1) is 13.7. The molecule has 2 aromatic rings. The standard InChI is InChI=1S/C12H11Cl2N3O2/c1-17-6-8(12(16-17)19-2)11(18)15-7-3-4-9(13)10(14)5-7/h3-6H,1-2H3,(H,15,18). The number of benzene rings is 1. The van der Waals surface area contributed by atoms with Gasteiger partial charge in [-0.2, -0.15) is 0 Å². The van der Waals surface area contributed by atoms with E-state index in [1.807, 2.05) is 0 Å². The van der Waals surface area contributed by atoms with E-state index in [4.69, 9.17) is 27.9 Å². The minimum atomic E-state index is -0.330. The molecule has 0 fully saturated rings. The largest absolute Gasteiger partial charge is 0.479 e. The van der Waals surface area contributed by atoms with Crippen LogP contribution in [0.4, 0.5) is 5.69 Å². The van der Waals surface area contributed by atoms with Gasteiger partial charge in [0.05, 0.1) is 17.2 Å². The molecule has 1 aromatic heterocycles. The minimum absolute atomic E-state index is 0.264. The number of hydrogen-bond donors (Lipinski definition) is 1. The fraction of sp³-hybridized carbons (Fsp3) is 0.167. The van der Waals surface area contributed by atoms with Gasteiger partial charge in [-0.15, -0.1) is 5.10 Å². The van der Waals surface area contributed by atoms with Crippen molar-refractivity contribution in [1.29, 1.82) is 0 Å². The summed E-state index contributed by atoms with van der Waals surface area (Å²) in [6.07, 6.45) is 1.58. The lowest BCUT2D eigenvalue weighted by Crippen LogP contribution is -2.12. The number of rotatable bonds is 3. The van der Waals surface area contributed by atoms with Crippen molar-refractivity contribution in [3.8, 4) is 5.88 Å². The molecule has 1 heterocycles. The van der Waals surface area contributed by atoms with Crippen LogP contribution < -0.4 is 10.1 Å². The third kappa shape index (κ3) is 3.00. The van der Waals surface area contributed by atoms with Crippen LogP contribution >= 0.6 is 23.2 Å². The summed E-state index contributed by atoms with van der Waals surface area (Å²) in [6, 6.07) is 4.85. The molecule has 2 rings (SSSR count). The normalized spacial score (nSPS) is 10.3. The van der Waals surface area contributed by atoms with E-state index in [-0.39, 0.29) is 11.8 Å². The highest BCUT2D eigenvalue weighted by Gasteiger charge is 2.16. The van der Waals surface area contributed by atoms with Crippen LogP contribution in [0.3, 0.4) is 0 Å². The number of aromatic nitrogens is 2. The first-order valence-corrected chi connectivity index (χ1v) is 6.11. The molecule has 0 radical (unpaired) electrons.